The van der Waals surface area contributed by atoms with Gasteiger partial charge in [-0.3, -0.25) is 14.6 Å². The number of carbonyl (C=O) groups is 1. The molecule has 192 valence electrons. The monoisotopic (exact) mass is 515 g/mol. The molecule has 1 fully saturated rings. The Kier molecular flexibility index (Phi) is 8.14. The summed E-state index contributed by atoms with van der Waals surface area (Å²) in [5.41, 5.74) is 3.89. The third-order valence-corrected chi connectivity index (χ3v) is 8.10. The Morgan fingerprint density at radius 1 is 1.03 bits per heavy atom. The number of fused-ring (bicyclic) bond motifs is 1. The first-order valence-corrected chi connectivity index (χ1v) is 13.6. The van der Waals surface area contributed by atoms with Gasteiger partial charge in [-0.05, 0) is 36.1 Å². The lowest BCUT2D eigenvalue weighted by atomic mass is 9.90. The minimum Gasteiger partial charge on any atom is -0.494 e. The van der Waals surface area contributed by atoms with Crippen LogP contribution in [0.4, 0.5) is 5.13 Å². The van der Waals surface area contributed by atoms with Crippen molar-refractivity contribution in [1.82, 2.24) is 9.88 Å². The highest BCUT2D eigenvalue weighted by molar-refractivity contribution is 7.22. The van der Waals surface area contributed by atoms with E-state index in [0.29, 0.717) is 11.7 Å². The number of morpholine rings is 1. The van der Waals surface area contributed by atoms with Crippen molar-refractivity contribution >= 4 is 32.6 Å². The fraction of sp³-hybridized carbons (Fsp3) is 0.333. The lowest BCUT2D eigenvalue weighted by Crippen LogP contribution is -2.40. The molecular formula is C30H33N3O3S. The van der Waals surface area contributed by atoms with E-state index >= 15 is 0 Å². The van der Waals surface area contributed by atoms with Gasteiger partial charge >= 0.3 is 0 Å². The Balaban J connectivity index is 1.52. The van der Waals surface area contributed by atoms with Crippen molar-refractivity contribution in [3.63, 3.8) is 0 Å². The van der Waals surface area contributed by atoms with Crippen LogP contribution < -0.4 is 9.64 Å². The van der Waals surface area contributed by atoms with Gasteiger partial charge in [0.15, 0.2) is 5.13 Å². The van der Waals surface area contributed by atoms with Gasteiger partial charge < -0.3 is 9.47 Å². The fourth-order valence-corrected chi connectivity index (χ4v) is 5.96. The maximum atomic E-state index is 14.5. The molecule has 7 heteroatoms. The number of aryl methyl sites for hydroxylation is 1. The molecule has 0 unspecified atom stereocenters. The molecule has 1 aliphatic heterocycles. The van der Waals surface area contributed by atoms with Gasteiger partial charge in [0, 0.05) is 26.2 Å². The molecule has 0 saturated carbocycles. The zero-order chi connectivity index (χ0) is 25.6. The molecule has 0 N–H and O–H groups in total. The Morgan fingerprint density at radius 3 is 2.30 bits per heavy atom. The van der Waals surface area contributed by atoms with Gasteiger partial charge in [-0.15, -0.1) is 0 Å². The third kappa shape index (κ3) is 5.69. The maximum Gasteiger partial charge on any atom is 0.240 e. The Morgan fingerprint density at radius 2 is 1.68 bits per heavy atom. The average molecular weight is 516 g/mol. The van der Waals surface area contributed by atoms with Crippen LogP contribution in [-0.2, 0) is 9.53 Å². The van der Waals surface area contributed by atoms with Crippen LogP contribution in [0, 0.1) is 6.92 Å². The summed E-state index contributed by atoms with van der Waals surface area (Å²) in [6, 6.07) is 24.1. The Labute approximate surface area is 222 Å². The Hall–Kier alpha value is -3.26. The highest BCUT2D eigenvalue weighted by Gasteiger charge is 2.30. The molecule has 6 nitrogen and oxygen atoms in total. The van der Waals surface area contributed by atoms with Gasteiger partial charge in [0.2, 0.25) is 5.91 Å². The molecule has 0 bridgehead atoms. The highest BCUT2D eigenvalue weighted by Crippen LogP contribution is 2.38. The summed E-state index contributed by atoms with van der Waals surface area (Å²) in [4.78, 5) is 23.7. The Bertz CT molecular complexity index is 1280. The van der Waals surface area contributed by atoms with Crippen molar-refractivity contribution in [1.29, 1.82) is 0 Å². The predicted molar refractivity (Wildman–Crippen MR) is 150 cm³/mol. The zero-order valence-corrected chi connectivity index (χ0v) is 22.2. The van der Waals surface area contributed by atoms with Crippen molar-refractivity contribution < 1.29 is 14.3 Å². The summed E-state index contributed by atoms with van der Waals surface area (Å²) in [5.74, 6) is 0.349. The van der Waals surface area contributed by atoms with Crippen LogP contribution >= 0.6 is 11.3 Å². The molecule has 1 amide bonds. The molecular weight excluding hydrogens is 482 g/mol. The lowest BCUT2D eigenvalue weighted by Gasteiger charge is -2.29. The number of amides is 1. The van der Waals surface area contributed by atoms with Crippen molar-refractivity contribution in [2.75, 3.05) is 51.4 Å². The van der Waals surface area contributed by atoms with E-state index in [1.54, 1.807) is 18.4 Å². The van der Waals surface area contributed by atoms with Gasteiger partial charge in [-0.1, -0.05) is 78.1 Å². The number of hydrogen-bond acceptors (Lipinski definition) is 6. The second kappa shape index (κ2) is 11.9. The minimum atomic E-state index is -0.416. The molecule has 0 radical (unpaired) electrons. The number of benzene rings is 3. The largest absolute Gasteiger partial charge is 0.494 e. The first kappa shape index (κ1) is 25.4. The number of anilines is 1. The van der Waals surface area contributed by atoms with E-state index in [2.05, 4.69) is 11.8 Å². The number of hydrogen-bond donors (Lipinski definition) is 0. The molecule has 37 heavy (non-hydrogen) atoms. The van der Waals surface area contributed by atoms with Crippen LogP contribution in [0.2, 0.25) is 0 Å². The quantitative estimate of drug-likeness (QED) is 0.295. The SMILES string of the molecule is COc1ccc(C)c2sc(N(CCCN3CCOCC3)C(=O)C(c3ccccc3)c3ccccc3)nc12. The molecule has 4 aromatic rings. The van der Waals surface area contributed by atoms with Gasteiger partial charge in [0.05, 0.1) is 30.9 Å². The van der Waals surface area contributed by atoms with Gasteiger partial charge in [-0.25, -0.2) is 4.98 Å². The van der Waals surface area contributed by atoms with Crippen LogP contribution in [0.5, 0.6) is 5.75 Å². The summed E-state index contributed by atoms with van der Waals surface area (Å²) in [6.07, 6.45) is 0.855. The molecule has 0 spiro atoms. The topological polar surface area (TPSA) is 54.9 Å². The second-order valence-electron chi connectivity index (χ2n) is 9.31. The maximum absolute atomic E-state index is 14.5. The number of rotatable bonds is 9. The number of aromatic nitrogens is 1. The normalized spacial score (nSPS) is 14.2. The van der Waals surface area contributed by atoms with E-state index in [0.717, 1.165) is 71.9 Å². The van der Waals surface area contributed by atoms with E-state index in [-0.39, 0.29) is 5.91 Å². The number of thiazole rings is 1. The van der Waals surface area contributed by atoms with E-state index in [9.17, 15) is 4.79 Å². The standard InChI is InChI=1S/C30H33N3O3S/c1-22-14-15-25(35-2)27-28(22)37-30(31-27)33(17-9-16-32-18-20-36-21-19-32)29(34)26(23-10-5-3-6-11-23)24-12-7-4-8-13-24/h3-8,10-15,26H,9,16-21H2,1-2H3. The summed E-state index contributed by atoms with van der Waals surface area (Å²) in [7, 11) is 1.66. The molecule has 0 atom stereocenters. The molecule has 1 saturated heterocycles. The summed E-state index contributed by atoms with van der Waals surface area (Å²) >= 11 is 1.56. The van der Waals surface area contributed by atoms with Gasteiger partial charge in [0.1, 0.15) is 11.3 Å². The number of nitrogens with zero attached hydrogens (tertiary/aromatic N) is 3. The molecule has 1 aliphatic rings. The van der Waals surface area contributed by atoms with Gasteiger partial charge in [0.25, 0.3) is 0 Å². The van der Waals surface area contributed by atoms with E-state index in [4.69, 9.17) is 14.5 Å². The number of carbonyl (C=O) groups excluding carboxylic acids is 1. The molecule has 0 aliphatic carbocycles. The average Bonchev–Trinajstić information content (AvgIpc) is 3.39. The van der Waals surface area contributed by atoms with Crippen LogP contribution in [0.1, 0.15) is 29.0 Å². The van der Waals surface area contributed by atoms with Crippen molar-refractivity contribution in [3.05, 3.63) is 89.5 Å². The van der Waals surface area contributed by atoms with E-state index < -0.39 is 5.92 Å². The van der Waals surface area contributed by atoms with Crippen molar-refractivity contribution in [2.24, 2.45) is 0 Å². The summed E-state index contributed by atoms with van der Waals surface area (Å²) in [5, 5.41) is 0.714. The third-order valence-electron chi connectivity index (χ3n) is 6.88. The molecule has 1 aromatic heterocycles. The van der Waals surface area contributed by atoms with Crippen LogP contribution in [0.25, 0.3) is 10.2 Å². The first-order chi connectivity index (χ1) is 18.2. The smallest absolute Gasteiger partial charge is 0.240 e. The number of ether oxygens (including phenoxy) is 2. The van der Waals surface area contributed by atoms with Crippen molar-refractivity contribution in [3.8, 4) is 5.75 Å². The molecule has 5 rings (SSSR count). The molecule has 2 heterocycles. The summed E-state index contributed by atoms with van der Waals surface area (Å²) in [6.45, 7) is 6.98. The fourth-order valence-electron chi connectivity index (χ4n) is 4.88. The minimum absolute atomic E-state index is 0.0371. The highest BCUT2D eigenvalue weighted by atomic mass is 32.1. The second-order valence-corrected chi connectivity index (χ2v) is 10.3. The van der Waals surface area contributed by atoms with E-state index in [1.807, 2.05) is 77.7 Å². The lowest BCUT2D eigenvalue weighted by molar-refractivity contribution is -0.119. The van der Waals surface area contributed by atoms with Crippen LogP contribution in [0.15, 0.2) is 72.8 Å². The zero-order valence-electron chi connectivity index (χ0n) is 21.4. The first-order valence-electron chi connectivity index (χ1n) is 12.8. The summed E-state index contributed by atoms with van der Waals surface area (Å²) < 4.78 is 12.2. The van der Waals surface area contributed by atoms with Crippen LogP contribution in [0.3, 0.4) is 0 Å². The van der Waals surface area contributed by atoms with Crippen molar-refractivity contribution in [2.45, 2.75) is 19.3 Å². The molecule has 3 aromatic carbocycles. The van der Waals surface area contributed by atoms with Crippen LogP contribution in [-0.4, -0.2) is 62.3 Å². The number of methoxy groups -OCH3 is 1. The van der Waals surface area contributed by atoms with E-state index in [1.165, 1.54) is 0 Å². The van der Waals surface area contributed by atoms with Gasteiger partial charge in [-0.2, -0.15) is 0 Å². The predicted octanol–water partition coefficient (Wildman–Crippen LogP) is 5.50.